The van der Waals surface area contributed by atoms with Crippen molar-refractivity contribution in [3.8, 4) is 0 Å². The Morgan fingerprint density at radius 2 is 2.20 bits per heavy atom. The zero-order valence-corrected chi connectivity index (χ0v) is 11.0. The number of thiophene rings is 1. The summed E-state index contributed by atoms with van der Waals surface area (Å²) in [5.41, 5.74) is 0. The van der Waals surface area contributed by atoms with Crippen LogP contribution in [0.25, 0.3) is 6.08 Å². The molecule has 0 bridgehead atoms. The van der Waals surface area contributed by atoms with Gasteiger partial charge in [-0.25, -0.2) is 13.2 Å². The zero-order valence-electron chi connectivity index (χ0n) is 6.98. The highest BCUT2D eigenvalue weighted by Gasteiger charge is 2.17. The first kappa shape index (κ1) is 12.7. The van der Waals surface area contributed by atoms with Crippen molar-refractivity contribution in [2.24, 2.45) is 0 Å². The number of carbonyl (C=O) groups is 1. The summed E-state index contributed by atoms with van der Waals surface area (Å²) in [6.45, 7) is 0. The summed E-state index contributed by atoms with van der Waals surface area (Å²) in [4.78, 5) is 10.7. The molecule has 0 spiro atoms. The lowest BCUT2D eigenvalue weighted by Gasteiger charge is -1.88. The van der Waals surface area contributed by atoms with E-state index in [4.69, 9.17) is 15.8 Å². The minimum absolute atomic E-state index is 0.0331. The second-order valence-electron chi connectivity index (χ2n) is 2.39. The molecular formula is C7H4BrClO4S2. The van der Waals surface area contributed by atoms with Crippen LogP contribution < -0.4 is 0 Å². The van der Waals surface area contributed by atoms with E-state index in [9.17, 15) is 13.2 Å². The quantitative estimate of drug-likeness (QED) is 0.682. The van der Waals surface area contributed by atoms with Crippen molar-refractivity contribution in [2.75, 3.05) is 0 Å². The van der Waals surface area contributed by atoms with Crippen molar-refractivity contribution in [2.45, 2.75) is 4.21 Å². The second kappa shape index (κ2) is 4.65. The molecule has 4 nitrogen and oxygen atoms in total. The summed E-state index contributed by atoms with van der Waals surface area (Å²) in [6.07, 6.45) is 2.21. The molecular weight excluding hydrogens is 328 g/mol. The third kappa shape index (κ3) is 3.60. The highest BCUT2D eigenvalue weighted by atomic mass is 79.9. The van der Waals surface area contributed by atoms with Gasteiger partial charge in [0, 0.05) is 26.1 Å². The average molecular weight is 332 g/mol. The standard InChI is InChI=1S/C7H4BrClO4S2/c8-5-3-4(1-2-6(10)11)14-7(5)15(9,12)13/h1-3H,(H,10,11). The number of carboxylic acids is 1. The predicted octanol–water partition coefficient (Wildman–Crippen LogP) is 2.54. The Morgan fingerprint density at radius 3 is 2.60 bits per heavy atom. The van der Waals surface area contributed by atoms with Gasteiger partial charge >= 0.3 is 5.97 Å². The number of rotatable bonds is 3. The van der Waals surface area contributed by atoms with Crippen molar-refractivity contribution in [3.05, 3.63) is 21.5 Å². The van der Waals surface area contributed by atoms with Crippen molar-refractivity contribution in [1.82, 2.24) is 0 Å². The van der Waals surface area contributed by atoms with Gasteiger partial charge in [-0.15, -0.1) is 11.3 Å². The second-order valence-corrected chi connectivity index (χ2v) is 7.09. The summed E-state index contributed by atoms with van der Waals surface area (Å²) >= 11 is 3.92. The number of halogens is 2. The van der Waals surface area contributed by atoms with Gasteiger partial charge in [0.15, 0.2) is 0 Å². The van der Waals surface area contributed by atoms with Gasteiger partial charge in [-0.2, -0.15) is 0 Å². The topological polar surface area (TPSA) is 71.4 Å². The van der Waals surface area contributed by atoms with E-state index in [0.29, 0.717) is 9.35 Å². The van der Waals surface area contributed by atoms with Crippen LogP contribution in [-0.4, -0.2) is 19.5 Å². The third-order valence-electron chi connectivity index (χ3n) is 1.29. The highest BCUT2D eigenvalue weighted by Crippen LogP contribution is 2.34. The maximum Gasteiger partial charge on any atom is 0.328 e. The van der Waals surface area contributed by atoms with Crippen molar-refractivity contribution in [3.63, 3.8) is 0 Å². The highest BCUT2D eigenvalue weighted by molar-refractivity contribution is 9.10. The molecule has 0 radical (unpaired) electrons. The molecule has 0 fully saturated rings. The largest absolute Gasteiger partial charge is 0.478 e. The molecule has 8 heteroatoms. The van der Waals surface area contributed by atoms with Gasteiger partial charge in [0.2, 0.25) is 0 Å². The Morgan fingerprint density at radius 1 is 1.60 bits per heavy atom. The van der Waals surface area contributed by atoms with Crippen LogP contribution in [-0.2, 0) is 13.8 Å². The minimum Gasteiger partial charge on any atom is -0.478 e. The fourth-order valence-electron chi connectivity index (χ4n) is 0.771. The summed E-state index contributed by atoms with van der Waals surface area (Å²) in [5, 5.41) is 8.37. The average Bonchev–Trinajstić information content (AvgIpc) is 2.42. The van der Waals surface area contributed by atoms with Gasteiger partial charge in [0.05, 0.1) is 0 Å². The third-order valence-corrected chi connectivity index (χ3v) is 5.64. The summed E-state index contributed by atoms with van der Waals surface area (Å²) in [5.74, 6) is -1.10. The van der Waals surface area contributed by atoms with Crippen molar-refractivity contribution < 1.29 is 18.3 Å². The van der Waals surface area contributed by atoms with Crippen LogP contribution in [0.5, 0.6) is 0 Å². The van der Waals surface area contributed by atoms with Gasteiger partial charge in [-0.3, -0.25) is 0 Å². The van der Waals surface area contributed by atoms with Crippen LogP contribution in [0.2, 0.25) is 0 Å². The number of hydrogen-bond donors (Lipinski definition) is 1. The Bertz CT molecular complexity index is 517. The minimum atomic E-state index is -3.79. The molecule has 0 aliphatic rings. The van der Waals surface area contributed by atoms with Gasteiger partial charge < -0.3 is 5.11 Å². The fraction of sp³-hybridized carbons (Fsp3) is 0. The molecule has 0 atom stereocenters. The fourth-order valence-corrected chi connectivity index (χ4v) is 4.53. The molecule has 0 saturated heterocycles. The molecule has 0 amide bonds. The van der Waals surface area contributed by atoms with E-state index in [0.717, 1.165) is 17.4 Å². The molecule has 0 aromatic carbocycles. The van der Waals surface area contributed by atoms with Crippen LogP contribution >= 0.6 is 37.9 Å². The zero-order chi connectivity index (χ0) is 11.6. The first-order valence-corrected chi connectivity index (χ1v) is 7.37. The van der Waals surface area contributed by atoms with E-state index < -0.39 is 15.0 Å². The lowest BCUT2D eigenvalue weighted by atomic mass is 10.4. The number of aliphatic carboxylic acids is 1. The Kier molecular flexibility index (Phi) is 3.93. The molecule has 0 saturated carbocycles. The van der Waals surface area contributed by atoms with Gasteiger partial charge in [0.25, 0.3) is 9.05 Å². The number of carboxylic acid groups (broad SMARTS) is 1. The van der Waals surface area contributed by atoms with E-state index in [1.54, 1.807) is 0 Å². The van der Waals surface area contributed by atoms with E-state index >= 15 is 0 Å². The van der Waals surface area contributed by atoms with E-state index in [2.05, 4.69) is 15.9 Å². The van der Waals surface area contributed by atoms with Crippen LogP contribution in [0.3, 0.4) is 0 Å². The smallest absolute Gasteiger partial charge is 0.328 e. The SMILES string of the molecule is O=C(O)C=Cc1cc(Br)c(S(=O)(=O)Cl)s1. The van der Waals surface area contributed by atoms with Gasteiger partial charge in [-0.1, -0.05) is 0 Å². The number of hydrogen-bond acceptors (Lipinski definition) is 4. The van der Waals surface area contributed by atoms with Crippen LogP contribution in [0.15, 0.2) is 20.8 Å². The molecule has 0 aliphatic heterocycles. The molecule has 1 aromatic heterocycles. The first-order valence-electron chi connectivity index (χ1n) is 3.45. The Balaban J connectivity index is 3.12. The van der Waals surface area contributed by atoms with E-state index in [-0.39, 0.29) is 4.21 Å². The Hall–Kier alpha value is -0.370. The van der Waals surface area contributed by atoms with Gasteiger partial charge in [-0.05, 0) is 28.1 Å². The lowest BCUT2D eigenvalue weighted by Crippen LogP contribution is -1.85. The maximum absolute atomic E-state index is 11.0. The molecule has 1 N–H and O–H groups in total. The van der Waals surface area contributed by atoms with E-state index in [1.165, 1.54) is 12.1 Å². The molecule has 82 valence electrons. The van der Waals surface area contributed by atoms with Gasteiger partial charge in [0.1, 0.15) is 4.21 Å². The molecule has 1 rings (SSSR count). The Labute approximate surface area is 103 Å². The lowest BCUT2D eigenvalue weighted by molar-refractivity contribution is -0.131. The molecule has 1 aromatic rings. The normalized spacial score (nSPS) is 12.1. The summed E-state index contributed by atoms with van der Waals surface area (Å²) in [7, 11) is 1.36. The monoisotopic (exact) mass is 330 g/mol. The molecule has 0 unspecified atom stereocenters. The van der Waals surface area contributed by atoms with Crippen molar-refractivity contribution in [1.29, 1.82) is 0 Å². The summed E-state index contributed by atoms with van der Waals surface area (Å²) in [6, 6.07) is 1.49. The molecule has 1 heterocycles. The van der Waals surface area contributed by atoms with Crippen LogP contribution in [0.4, 0.5) is 0 Å². The predicted molar refractivity (Wildman–Crippen MR) is 61.7 cm³/mol. The molecule has 15 heavy (non-hydrogen) atoms. The first-order chi connectivity index (χ1) is 6.80. The van der Waals surface area contributed by atoms with Crippen LogP contribution in [0, 0.1) is 0 Å². The molecule has 0 aliphatic carbocycles. The van der Waals surface area contributed by atoms with E-state index in [1.807, 2.05) is 0 Å². The maximum atomic E-state index is 11.0. The summed E-state index contributed by atoms with van der Waals surface area (Å²) < 4.78 is 22.3. The van der Waals surface area contributed by atoms with Crippen LogP contribution in [0.1, 0.15) is 4.88 Å². The van der Waals surface area contributed by atoms with Crippen molar-refractivity contribution >= 4 is 59.0 Å².